The van der Waals surface area contributed by atoms with Crippen LogP contribution in [0.25, 0.3) is 0 Å². The fourth-order valence-corrected chi connectivity index (χ4v) is 27.1. The first-order valence-corrected chi connectivity index (χ1v) is 39.9. The molecule has 10 nitrogen and oxygen atoms in total. The van der Waals surface area contributed by atoms with E-state index in [1.165, 1.54) is 109 Å². The molecule has 0 aromatic heterocycles. The first-order chi connectivity index (χ1) is 42.4. The first kappa shape index (κ1) is 79.0. The zero-order valence-corrected chi connectivity index (χ0v) is 60.7. The van der Waals surface area contributed by atoms with Crippen molar-refractivity contribution in [2.24, 2.45) is 92.7 Å². The van der Waals surface area contributed by atoms with Crippen molar-refractivity contribution in [3.8, 4) is 0 Å². The molecule has 1 spiro atoms. The second-order valence-corrected chi connectivity index (χ2v) is 38.3. The fraction of sp³-hybridized carbons (Fsp3) is 0.838. The van der Waals surface area contributed by atoms with E-state index < -0.39 is 41.7 Å². The summed E-state index contributed by atoms with van der Waals surface area (Å²) in [5, 5.41) is 32.9. The molecule has 93 heavy (non-hydrogen) atoms. The van der Waals surface area contributed by atoms with Gasteiger partial charge < -0.3 is 36.5 Å². The topological polar surface area (TPSA) is 160 Å². The van der Waals surface area contributed by atoms with Gasteiger partial charge in [-0.3, -0.25) is 0 Å². The third-order valence-corrected chi connectivity index (χ3v) is 33.2. The standard InChI is InChI=1S/C37H58O5S.C29H44O3S.C8H14O2.C4H9.2CH4.Li/c1-25(33(43(40,41)28-9-7-6-8-10-28)24-37(39)19-15-27(42-5)16-20-37)30-13-14-31-29-12-11-26-23-34(2,38)21-22-35(26,3)32(29)17-18-36(30,31)4;1-20(19-33(31,32)22-8-6-5-7-9-22)24-12-13-25-23-11-10-21-18-27(2,30)16-17-28(21,3)26(23)14-15-29(24,25)4;1-9-7-2-4-8(5-3-7)6-10-8;1-3-4-2;;;/h6-10,25-27,29-33,38-39H,11-24H2,1-5H3;5-9,20-21,23-26,30H,10-19H2,1-4H3;7H,2-6H2,1H3;1,3-4H2,2H3;2*1H4;/q;;;-1;;;+1/t25-,26-,27?,29-,30+,31-,32-,33?,34-,35-,36+,37?;20-,21+,23+,24-,25+,26+,27+,28+,29-;;;;;/m01...../s1. The Bertz CT molecular complexity index is 2880. The number of hydrogen-bond acceptors (Lipinski definition) is 10. The average molecular weight is 1330 g/mol. The minimum atomic E-state index is -3.63. The Morgan fingerprint density at radius 2 is 0.946 bits per heavy atom. The van der Waals surface area contributed by atoms with Crippen LogP contribution in [-0.4, -0.2) is 98.6 Å². The van der Waals surface area contributed by atoms with Crippen molar-refractivity contribution in [3.05, 3.63) is 67.6 Å². The van der Waals surface area contributed by atoms with Crippen molar-refractivity contribution in [1.82, 2.24) is 0 Å². The number of rotatable bonds is 13. The molecule has 526 valence electrons. The van der Waals surface area contributed by atoms with E-state index in [0.717, 1.165) is 88.1 Å². The predicted octanol–water partition coefficient (Wildman–Crippen LogP) is 15.3. The van der Waals surface area contributed by atoms with Gasteiger partial charge in [0.05, 0.1) is 62.0 Å². The fourth-order valence-electron chi connectivity index (χ4n) is 23.2. The Balaban J connectivity index is 0.000000216. The van der Waals surface area contributed by atoms with Crippen molar-refractivity contribution in [3.63, 3.8) is 0 Å². The van der Waals surface area contributed by atoms with Gasteiger partial charge >= 0.3 is 18.9 Å². The molecule has 3 N–H and O–H groups in total. The number of sulfone groups is 2. The third-order valence-electron chi connectivity index (χ3n) is 28.9. The molecule has 10 aliphatic carbocycles. The molecule has 11 fully saturated rings. The Kier molecular flexibility index (Phi) is 26.2. The first-order valence-electron chi connectivity index (χ1n) is 36.7. The minimum absolute atomic E-state index is 0. The van der Waals surface area contributed by atoms with Crippen LogP contribution in [-0.2, 0) is 33.9 Å². The number of hydrogen-bond donors (Lipinski definition) is 3. The minimum Gasteiger partial charge on any atom is -0.390 e. The molecule has 1 aliphatic heterocycles. The summed E-state index contributed by atoms with van der Waals surface area (Å²) in [6.07, 6.45) is 31.6. The van der Waals surface area contributed by atoms with Gasteiger partial charge in [-0.1, -0.05) is 106 Å². The van der Waals surface area contributed by atoms with Gasteiger partial charge in [0.25, 0.3) is 0 Å². The van der Waals surface area contributed by atoms with Gasteiger partial charge in [0.15, 0.2) is 19.7 Å². The maximum absolute atomic E-state index is 14.5. The number of fused-ring (bicyclic) bond motifs is 10. The van der Waals surface area contributed by atoms with Gasteiger partial charge in [0.2, 0.25) is 0 Å². The van der Waals surface area contributed by atoms with E-state index in [-0.39, 0.29) is 68.2 Å². The zero-order valence-electron chi connectivity index (χ0n) is 59.1. The molecule has 0 bridgehead atoms. The summed E-state index contributed by atoms with van der Waals surface area (Å²) in [6, 6.07) is 18.0. The quantitative estimate of drug-likeness (QED) is 0.100. The summed E-state index contributed by atoms with van der Waals surface area (Å²) in [7, 11) is -3.34. The Labute approximate surface area is 581 Å². The van der Waals surface area contributed by atoms with E-state index in [2.05, 4.69) is 55.4 Å². The SMILES string of the molecule is C.C.COC1CCC(O)(CC([C@@H](C)[C@H]2CC[C@H]3[C@@H]4CC[C@H]5C[C@@](C)(O)CC[C@]5(C)[C@H]4CC[C@]23C)S(=O)(=O)c2ccccc2)CC1.COC1CCC2(CC1)CO2.C[C@H](CS(=O)(=O)c1ccccc1)[C@H]1CC[C@H]2[C@@H]3CC[C@H]4C[C@@](C)(O)CC[C@]4(C)[C@H]3CC[C@]12C.[CH2-]CCC.[Li+]. The van der Waals surface area contributed by atoms with Crippen molar-refractivity contribution in [1.29, 1.82) is 0 Å². The largest absolute Gasteiger partial charge is 1.00 e. The van der Waals surface area contributed by atoms with Crippen LogP contribution in [0.5, 0.6) is 0 Å². The van der Waals surface area contributed by atoms with Gasteiger partial charge in [0, 0.05) is 14.2 Å². The summed E-state index contributed by atoms with van der Waals surface area (Å²) in [5.41, 5.74) is -0.525. The van der Waals surface area contributed by atoms with Crippen molar-refractivity contribution in [2.45, 2.75) is 313 Å². The van der Waals surface area contributed by atoms with Crippen molar-refractivity contribution >= 4 is 19.7 Å². The number of epoxide rings is 1. The van der Waals surface area contributed by atoms with Crippen LogP contribution in [0.15, 0.2) is 70.5 Å². The monoisotopic (exact) mass is 1320 g/mol. The van der Waals surface area contributed by atoms with E-state index in [4.69, 9.17) is 14.2 Å². The van der Waals surface area contributed by atoms with Crippen LogP contribution in [0.1, 0.15) is 263 Å². The van der Waals surface area contributed by atoms with Crippen LogP contribution in [0.4, 0.5) is 0 Å². The Morgan fingerprint density at radius 1 is 0.538 bits per heavy atom. The number of methoxy groups -OCH3 is 2. The Morgan fingerprint density at radius 3 is 1.38 bits per heavy atom. The molecule has 13 rings (SSSR count). The summed E-state index contributed by atoms with van der Waals surface area (Å²) in [5.74, 6) is 6.92. The molecule has 13 heteroatoms. The molecule has 19 atom stereocenters. The molecule has 1 saturated heterocycles. The molecule has 2 aromatic carbocycles. The van der Waals surface area contributed by atoms with E-state index >= 15 is 0 Å². The maximum Gasteiger partial charge on any atom is 1.00 e. The van der Waals surface area contributed by atoms with Crippen LogP contribution < -0.4 is 18.9 Å². The summed E-state index contributed by atoms with van der Waals surface area (Å²) in [6.45, 7) is 25.3. The van der Waals surface area contributed by atoms with Gasteiger partial charge in [-0.05, 0) is 304 Å². The molecule has 1 unspecified atom stereocenters. The summed E-state index contributed by atoms with van der Waals surface area (Å²) in [4.78, 5) is 0.864. The zero-order chi connectivity index (χ0) is 64.9. The van der Waals surface area contributed by atoms with Gasteiger partial charge in [-0.15, -0.1) is 0 Å². The van der Waals surface area contributed by atoms with Gasteiger partial charge in [-0.25, -0.2) is 16.8 Å². The molecule has 11 aliphatic rings. The number of ether oxygens (including phenoxy) is 3. The van der Waals surface area contributed by atoms with E-state index in [9.17, 15) is 32.2 Å². The molecule has 2 aromatic rings. The van der Waals surface area contributed by atoms with Gasteiger partial charge in [-0.2, -0.15) is 6.42 Å². The number of benzene rings is 2. The summed E-state index contributed by atoms with van der Waals surface area (Å²) >= 11 is 0. The normalized spacial score (nSPS) is 43.0. The van der Waals surface area contributed by atoms with Crippen LogP contribution >= 0.6 is 0 Å². The summed E-state index contributed by atoms with van der Waals surface area (Å²) < 4.78 is 71.4. The molecule has 10 saturated carbocycles. The van der Waals surface area contributed by atoms with Crippen LogP contribution in [0, 0.1) is 99.6 Å². The van der Waals surface area contributed by atoms with Gasteiger partial charge in [0.1, 0.15) is 0 Å². The molecular weight excluding hydrogens is 1190 g/mol. The van der Waals surface area contributed by atoms with Crippen LogP contribution in [0.3, 0.4) is 0 Å². The third kappa shape index (κ3) is 16.4. The van der Waals surface area contributed by atoms with E-state index in [0.29, 0.717) is 87.1 Å². The molecule has 0 radical (unpaired) electrons. The smallest absolute Gasteiger partial charge is 0.390 e. The number of unbranched alkanes of at least 4 members (excludes halogenated alkanes) is 1. The van der Waals surface area contributed by atoms with Crippen molar-refractivity contribution < 1.29 is 65.2 Å². The predicted molar refractivity (Wildman–Crippen MR) is 376 cm³/mol. The second kappa shape index (κ2) is 30.9. The maximum atomic E-state index is 14.5. The molecular formula is C80H133LiO10S2. The average Bonchev–Trinajstić information content (AvgIpc) is 1.71. The van der Waals surface area contributed by atoms with Crippen LogP contribution in [0.2, 0.25) is 0 Å². The van der Waals surface area contributed by atoms with Crippen molar-refractivity contribution in [2.75, 3.05) is 26.6 Å². The number of aliphatic hydroxyl groups is 3. The molecule has 1 heterocycles. The van der Waals surface area contributed by atoms with E-state index in [1.807, 2.05) is 50.2 Å². The molecule has 0 amide bonds. The second-order valence-electron chi connectivity index (χ2n) is 34.1. The van der Waals surface area contributed by atoms with E-state index in [1.54, 1.807) is 38.5 Å². The Hall–Kier alpha value is -1.30.